The highest BCUT2D eigenvalue weighted by molar-refractivity contribution is 5.97. The lowest BCUT2D eigenvalue weighted by molar-refractivity contribution is -0.131. The van der Waals surface area contributed by atoms with E-state index in [4.69, 9.17) is 21.1 Å². The summed E-state index contributed by atoms with van der Waals surface area (Å²) < 4.78 is 10.9. The van der Waals surface area contributed by atoms with Gasteiger partial charge in [-0.25, -0.2) is 15.4 Å². The predicted molar refractivity (Wildman–Crippen MR) is 158 cm³/mol. The molecule has 0 aliphatic heterocycles. The minimum Gasteiger partial charge on any atom is -0.508 e. The van der Waals surface area contributed by atoms with E-state index >= 15 is 0 Å². The van der Waals surface area contributed by atoms with Gasteiger partial charge in [-0.1, -0.05) is 72.8 Å². The van der Waals surface area contributed by atoms with E-state index in [1.54, 1.807) is 60.7 Å². The summed E-state index contributed by atoms with van der Waals surface area (Å²) >= 11 is 0. The van der Waals surface area contributed by atoms with Crippen molar-refractivity contribution in [2.45, 2.75) is 51.0 Å². The second-order valence-corrected chi connectivity index (χ2v) is 9.69. The number of nitrogens with one attached hydrogen (secondary N) is 2. The van der Waals surface area contributed by atoms with Crippen molar-refractivity contribution >= 4 is 24.0 Å². The van der Waals surface area contributed by atoms with Crippen LogP contribution in [-0.4, -0.2) is 52.6 Å². The molecule has 7 N–H and O–H groups in total. The predicted octanol–water partition coefficient (Wildman–Crippen LogP) is 2.88. The summed E-state index contributed by atoms with van der Waals surface area (Å²) in [7, 11) is 0. The van der Waals surface area contributed by atoms with Gasteiger partial charge in [0.15, 0.2) is 0 Å². The Kier molecular flexibility index (Phi) is 13.0. The Morgan fingerprint density at radius 2 is 1.28 bits per heavy atom. The van der Waals surface area contributed by atoms with E-state index < -0.39 is 36.1 Å². The number of phenols is 1. The standard InChI is InChI=1S/C31H37N5O7/c32-18-8-7-13-27(29(39)34-26(28(38)35-33)19-22-14-16-25(37)17-15-22)36(30(40)42-20-23-9-3-1-4-10-23)31(41)43-21-24-11-5-2-6-12-24/h1-6,9-12,14-17,26-27,37H,7-8,13,18-21,32-33H2,(H,34,39)(H,35,38). The lowest BCUT2D eigenvalue weighted by Crippen LogP contribution is -2.57. The topological polar surface area (TPSA) is 186 Å². The summed E-state index contributed by atoms with van der Waals surface area (Å²) in [6, 6.07) is 21.2. The van der Waals surface area contributed by atoms with Crippen molar-refractivity contribution in [3.8, 4) is 5.75 Å². The number of carbonyl (C=O) groups is 4. The molecule has 0 aliphatic rings. The Morgan fingerprint density at radius 3 is 1.77 bits per heavy atom. The van der Waals surface area contributed by atoms with Crippen LogP contribution in [0.4, 0.5) is 9.59 Å². The molecule has 4 amide bonds. The number of hydrogen-bond acceptors (Lipinski definition) is 9. The van der Waals surface area contributed by atoms with Crippen molar-refractivity contribution in [1.82, 2.24) is 15.6 Å². The zero-order valence-electron chi connectivity index (χ0n) is 23.7. The third-order valence-corrected chi connectivity index (χ3v) is 6.50. The molecule has 0 saturated heterocycles. The van der Waals surface area contributed by atoms with Crippen LogP contribution in [-0.2, 0) is 38.7 Å². The summed E-state index contributed by atoms with van der Waals surface area (Å²) in [5, 5.41) is 12.2. The fourth-order valence-corrected chi connectivity index (χ4v) is 4.21. The molecule has 0 aliphatic carbocycles. The third-order valence-electron chi connectivity index (χ3n) is 6.50. The monoisotopic (exact) mass is 591 g/mol. The quantitative estimate of drug-likeness (QED) is 0.0813. The molecule has 3 aromatic rings. The van der Waals surface area contributed by atoms with Gasteiger partial charge in [-0.2, -0.15) is 4.90 Å². The normalized spacial score (nSPS) is 12.0. The van der Waals surface area contributed by atoms with Gasteiger partial charge >= 0.3 is 12.2 Å². The lowest BCUT2D eigenvalue weighted by Gasteiger charge is -2.29. The fraction of sp³-hybridized carbons (Fsp3) is 0.290. The van der Waals surface area contributed by atoms with Gasteiger partial charge in [-0.05, 0) is 54.6 Å². The van der Waals surface area contributed by atoms with Crippen LogP contribution in [0.2, 0.25) is 0 Å². The van der Waals surface area contributed by atoms with Crippen molar-refractivity contribution in [1.29, 1.82) is 0 Å². The molecule has 43 heavy (non-hydrogen) atoms. The molecule has 0 spiro atoms. The Labute approximate surface area is 249 Å². The Morgan fingerprint density at radius 1 is 0.744 bits per heavy atom. The molecule has 0 bridgehead atoms. The number of hydrogen-bond donors (Lipinski definition) is 5. The van der Waals surface area contributed by atoms with Crippen LogP contribution >= 0.6 is 0 Å². The number of nitrogens with two attached hydrogens (primary N) is 2. The molecule has 2 unspecified atom stereocenters. The van der Waals surface area contributed by atoms with Gasteiger partial charge in [0.05, 0.1) is 0 Å². The molecule has 2 atom stereocenters. The molecule has 0 aromatic heterocycles. The van der Waals surface area contributed by atoms with Crippen LogP contribution in [0.25, 0.3) is 0 Å². The molecule has 0 radical (unpaired) electrons. The number of benzene rings is 3. The van der Waals surface area contributed by atoms with Gasteiger partial charge in [0.1, 0.15) is 31.0 Å². The minimum absolute atomic E-state index is 0.0154. The van der Waals surface area contributed by atoms with E-state index in [-0.39, 0.29) is 31.8 Å². The summed E-state index contributed by atoms with van der Waals surface area (Å²) in [6.07, 6.45) is -1.24. The maximum absolute atomic E-state index is 13.8. The van der Waals surface area contributed by atoms with E-state index in [0.717, 1.165) is 0 Å². The van der Waals surface area contributed by atoms with Crippen molar-refractivity contribution < 1.29 is 33.8 Å². The van der Waals surface area contributed by atoms with Gasteiger partial charge in [-0.3, -0.25) is 15.0 Å². The maximum atomic E-state index is 13.8. The molecule has 3 aromatic carbocycles. The smallest absolute Gasteiger partial charge is 0.420 e. The number of nitrogens with zero attached hydrogens (tertiary/aromatic N) is 1. The first-order valence-electron chi connectivity index (χ1n) is 13.8. The summed E-state index contributed by atoms with van der Waals surface area (Å²) in [5.41, 5.74) is 9.66. The van der Waals surface area contributed by atoms with Gasteiger partial charge in [0, 0.05) is 6.42 Å². The second-order valence-electron chi connectivity index (χ2n) is 9.69. The van der Waals surface area contributed by atoms with Gasteiger partial charge in [0.25, 0.3) is 5.91 Å². The van der Waals surface area contributed by atoms with Crippen LogP contribution in [0.3, 0.4) is 0 Å². The fourth-order valence-electron chi connectivity index (χ4n) is 4.21. The largest absolute Gasteiger partial charge is 0.508 e. The Hall–Kier alpha value is -4.94. The maximum Gasteiger partial charge on any atom is 0.420 e. The number of carbonyl (C=O) groups excluding carboxylic acids is 4. The van der Waals surface area contributed by atoms with Crippen molar-refractivity contribution in [2.75, 3.05) is 6.54 Å². The molecular formula is C31H37N5O7. The highest BCUT2D eigenvalue weighted by atomic mass is 16.6. The minimum atomic E-state index is -1.40. The summed E-state index contributed by atoms with van der Waals surface area (Å²) in [6.45, 7) is 0.0149. The first-order chi connectivity index (χ1) is 20.8. The molecule has 0 heterocycles. The molecule has 0 fully saturated rings. The first kappa shape index (κ1) is 32.6. The SMILES string of the molecule is NCCCCC(C(=O)NC(Cc1ccc(O)cc1)C(=O)NN)N(C(=O)OCc1ccccc1)C(=O)OCc1ccccc1. The van der Waals surface area contributed by atoms with Crippen LogP contribution in [0, 0.1) is 0 Å². The molecule has 12 heteroatoms. The third kappa shape index (κ3) is 10.4. The zero-order valence-corrected chi connectivity index (χ0v) is 23.7. The highest BCUT2D eigenvalue weighted by Gasteiger charge is 2.38. The van der Waals surface area contributed by atoms with Crippen LogP contribution in [0.15, 0.2) is 84.9 Å². The molecule has 12 nitrogen and oxygen atoms in total. The molecule has 228 valence electrons. The van der Waals surface area contributed by atoms with E-state index in [1.165, 1.54) is 12.1 Å². The number of hydrazine groups is 1. The zero-order chi connectivity index (χ0) is 31.0. The Balaban J connectivity index is 1.88. The van der Waals surface area contributed by atoms with Crippen molar-refractivity contribution in [3.63, 3.8) is 0 Å². The number of unbranched alkanes of at least 4 members (excludes halogenated alkanes) is 1. The van der Waals surface area contributed by atoms with E-state index in [1.807, 2.05) is 17.6 Å². The van der Waals surface area contributed by atoms with Crippen LogP contribution in [0.5, 0.6) is 5.75 Å². The highest BCUT2D eigenvalue weighted by Crippen LogP contribution is 2.17. The number of rotatable bonds is 14. The van der Waals surface area contributed by atoms with Crippen LogP contribution in [0.1, 0.15) is 36.0 Å². The summed E-state index contributed by atoms with van der Waals surface area (Å²) in [5.74, 6) is 3.92. The van der Waals surface area contributed by atoms with Gasteiger partial charge in [0.2, 0.25) is 5.91 Å². The van der Waals surface area contributed by atoms with E-state index in [9.17, 15) is 24.3 Å². The molecule has 0 saturated carbocycles. The average molecular weight is 592 g/mol. The number of aromatic hydroxyl groups is 1. The molecule has 3 rings (SSSR count). The first-order valence-corrected chi connectivity index (χ1v) is 13.8. The number of amides is 4. The Bertz CT molecular complexity index is 1270. The van der Waals surface area contributed by atoms with E-state index in [2.05, 4.69) is 5.32 Å². The van der Waals surface area contributed by atoms with Crippen molar-refractivity contribution in [3.05, 3.63) is 102 Å². The number of phenolic OH excluding ortho intramolecular Hbond substituents is 1. The number of imide groups is 1. The van der Waals surface area contributed by atoms with Gasteiger partial charge in [-0.15, -0.1) is 0 Å². The van der Waals surface area contributed by atoms with Crippen molar-refractivity contribution in [2.24, 2.45) is 11.6 Å². The second kappa shape index (κ2) is 17.1. The average Bonchev–Trinajstić information content (AvgIpc) is 3.03. The lowest BCUT2D eigenvalue weighted by atomic mass is 10.0. The molecular weight excluding hydrogens is 554 g/mol. The van der Waals surface area contributed by atoms with E-state index in [0.29, 0.717) is 41.0 Å². The number of ether oxygens (including phenoxy) is 2. The van der Waals surface area contributed by atoms with Gasteiger partial charge < -0.3 is 25.6 Å². The summed E-state index contributed by atoms with van der Waals surface area (Å²) in [4.78, 5) is 53.9. The van der Waals surface area contributed by atoms with Crippen LogP contribution < -0.4 is 22.3 Å².